The molecule has 3 N–H and O–H groups in total. The molecule has 0 amide bonds. The fourth-order valence-electron chi connectivity index (χ4n) is 2.16. The Morgan fingerprint density at radius 2 is 2.19 bits per heavy atom. The van der Waals surface area contributed by atoms with E-state index in [1.165, 1.54) is 24.0 Å². The third kappa shape index (κ3) is 2.76. The third-order valence-corrected chi connectivity index (χ3v) is 3.70. The Kier molecular flexibility index (Phi) is 3.49. The van der Waals surface area contributed by atoms with E-state index >= 15 is 0 Å². The number of nitrogen functional groups attached to an aromatic ring is 1. The zero-order valence-electron chi connectivity index (χ0n) is 10.3. The monoisotopic (exact) mass is 218 g/mol. The van der Waals surface area contributed by atoms with E-state index in [2.05, 4.69) is 25.2 Å². The Labute approximate surface area is 98.2 Å². The normalized spacial score (nSPS) is 17.4. The minimum absolute atomic E-state index is 0.821. The Morgan fingerprint density at radius 3 is 2.88 bits per heavy atom. The van der Waals surface area contributed by atoms with Gasteiger partial charge in [-0.15, -0.1) is 0 Å². The molecule has 1 aliphatic carbocycles. The first-order valence-corrected chi connectivity index (χ1v) is 6.23. The van der Waals surface area contributed by atoms with Gasteiger partial charge in [-0.05, 0) is 55.3 Å². The highest BCUT2D eigenvalue weighted by molar-refractivity contribution is 5.49. The molecule has 1 saturated carbocycles. The predicted octanol–water partition coefficient (Wildman–Crippen LogP) is 2.71. The van der Waals surface area contributed by atoms with Gasteiger partial charge in [0.15, 0.2) is 0 Å². The van der Waals surface area contributed by atoms with Crippen LogP contribution < -0.4 is 11.1 Å². The number of benzene rings is 1. The molecule has 0 aromatic heterocycles. The topological polar surface area (TPSA) is 38.0 Å². The van der Waals surface area contributed by atoms with Crippen LogP contribution in [0.4, 0.5) is 5.69 Å². The molecule has 1 fully saturated rings. The van der Waals surface area contributed by atoms with Crippen LogP contribution in [0.15, 0.2) is 18.2 Å². The summed E-state index contributed by atoms with van der Waals surface area (Å²) in [6.45, 7) is 6.50. The van der Waals surface area contributed by atoms with E-state index in [1.807, 2.05) is 12.1 Å². The van der Waals surface area contributed by atoms with Crippen molar-refractivity contribution in [2.24, 2.45) is 11.8 Å². The van der Waals surface area contributed by atoms with Gasteiger partial charge in [0, 0.05) is 12.2 Å². The van der Waals surface area contributed by atoms with Crippen molar-refractivity contribution >= 4 is 5.69 Å². The summed E-state index contributed by atoms with van der Waals surface area (Å²) in [5, 5.41) is 3.54. The second-order valence-electron chi connectivity index (χ2n) is 5.08. The summed E-state index contributed by atoms with van der Waals surface area (Å²) < 4.78 is 0. The summed E-state index contributed by atoms with van der Waals surface area (Å²) in [4.78, 5) is 0. The molecule has 16 heavy (non-hydrogen) atoms. The summed E-state index contributed by atoms with van der Waals surface area (Å²) >= 11 is 0. The molecule has 0 heterocycles. The van der Waals surface area contributed by atoms with Gasteiger partial charge in [-0.2, -0.15) is 0 Å². The fourth-order valence-corrected chi connectivity index (χ4v) is 2.16. The molecule has 0 bridgehead atoms. The highest BCUT2D eigenvalue weighted by Crippen LogP contribution is 2.36. The van der Waals surface area contributed by atoms with Crippen molar-refractivity contribution < 1.29 is 0 Å². The van der Waals surface area contributed by atoms with E-state index in [0.717, 1.165) is 30.6 Å². The standard InChI is InChI=1S/C14H22N2/c1-10(12-6-7-12)8-16-9-13-4-3-5-14(15)11(13)2/h3-5,10,12,16H,6-9,15H2,1-2H3. The van der Waals surface area contributed by atoms with Crippen LogP contribution in [0.3, 0.4) is 0 Å². The van der Waals surface area contributed by atoms with Crippen LogP contribution in [0.5, 0.6) is 0 Å². The lowest BCUT2D eigenvalue weighted by molar-refractivity contribution is 0.461. The number of hydrogen-bond acceptors (Lipinski definition) is 2. The van der Waals surface area contributed by atoms with Gasteiger partial charge in [-0.3, -0.25) is 0 Å². The molecule has 88 valence electrons. The van der Waals surface area contributed by atoms with Gasteiger partial charge in [-0.25, -0.2) is 0 Å². The van der Waals surface area contributed by atoms with Crippen LogP contribution in [0, 0.1) is 18.8 Å². The molecule has 0 radical (unpaired) electrons. The maximum absolute atomic E-state index is 5.88. The van der Waals surface area contributed by atoms with E-state index in [-0.39, 0.29) is 0 Å². The molecule has 2 heteroatoms. The quantitative estimate of drug-likeness (QED) is 0.746. The van der Waals surface area contributed by atoms with Crippen LogP contribution in [0.1, 0.15) is 30.9 Å². The summed E-state index contributed by atoms with van der Waals surface area (Å²) in [5.41, 5.74) is 9.32. The lowest BCUT2D eigenvalue weighted by Gasteiger charge is -2.13. The lowest BCUT2D eigenvalue weighted by atomic mass is 10.1. The number of nitrogens with one attached hydrogen (secondary N) is 1. The van der Waals surface area contributed by atoms with E-state index in [4.69, 9.17) is 5.73 Å². The Bertz CT molecular complexity index is 356. The van der Waals surface area contributed by atoms with E-state index in [9.17, 15) is 0 Å². The summed E-state index contributed by atoms with van der Waals surface area (Å²) in [5.74, 6) is 1.80. The minimum atomic E-state index is 0.821. The van der Waals surface area contributed by atoms with Crippen molar-refractivity contribution in [3.05, 3.63) is 29.3 Å². The molecule has 1 aromatic carbocycles. The van der Waals surface area contributed by atoms with Gasteiger partial charge in [0.25, 0.3) is 0 Å². The molecular formula is C14H22N2. The van der Waals surface area contributed by atoms with Crippen molar-refractivity contribution in [3.8, 4) is 0 Å². The van der Waals surface area contributed by atoms with Crippen LogP contribution in [0.25, 0.3) is 0 Å². The van der Waals surface area contributed by atoms with Gasteiger partial charge in [0.1, 0.15) is 0 Å². The minimum Gasteiger partial charge on any atom is -0.399 e. The molecular weight excluding hydrogens is 196 g/mol. The predicted molar refractivity (Wildman–Crippen MR) is 69.2 cm³/mol. The number of anilines is 1. The molecule has 2 rings (SSSR count). The fraction of sp³-hybridized carbons (Fsp3) is 0.571. The summed E-state index contributed by atoms with van der Waals surface area (Å²) in [6, 6.07) is 6.15. The van der Waals surface area contributed by atoms with E-state index < -0.39 is 0 Å². The van der Waals surface area contributed by atoms with Gasteiger partial charge in [0.05, 0.1) is 0 Å². The van der Waals surface area contributed by atoms with Gasteiger partial charge >= 0.3 is 0 Å². The Hall–Kier alpha value is -1.02. The van der Waals surface area contributed by atoms with Crippen LogP contribution >= 0.6 is 0 Å². The number of rotatable bonds is 5. The van der Waals surface area contributed by atoms with Gasteiger partial charge < -0.3 is 11.1 Å². The second kappa shape index (κ2) is 4.88. The van der Waals surface area contributed by atoms with Gasteiger partial charge in [-0.1, -0.05) is 19.1 Å². The van der Waals surface area contributed by atoms with Crippen LogP contribution in [-0.2, 0) is 6.54 Å². The first kappa shape index (κ1) is 11.5. The van der Waals surface area contributed by atoms with Crippen molar-refractivity contribution in [1.82, 2.24) is 5.32 Å². The van der Waals surface area contributed by atoms with Gasteiger partial charge in [0.2, 0.25) is 0 Å². The molecule has 1 unspecified atom stereocenters. The van der Waals surface area contributed by atoms with Crippen LogP contribution in [-0.4, -0.2) is 6.54 Å². The second-order valence-corrected chi connectivity index (χ2v) is 5.08. The maximum atomic E-state index is 5.88. The molecule has 0 aliphatic heterocycles. The van der Waals surface area contributed by atoms with Crippen molar-refractivity contribution in [2.75, 3.05) is 12.3 Å². The molecule has 1 atom stereocenters. The smallest absolute Gasteiger partial charge is 0.0346 e. The number of nitrogens with two attached hydrogens (primary N) is 1. The zero-order chi connectivity index (χ0) is 11.5. The first-order valence-electron chi connectivity index (χ1n) is 6.23. The Morgan fingerprint density at radius 1 is 1.44 bits per heavy atom. The van der Waals surface area contributed by atoms with Crippen molar-refractivity contribution in [2.45, 2.75) is 33.2 Å². The lowest BCUT2D eigenvalue weighted by Crippen LogP contribution is -2.22. The molecule has 1 aromatic rings. The average molecular weight is 218 g/mol. The zero-order valence-corrected chi connectivity index (χ0v) is 10.3. The number of hydrogen-bond donors (Lipinski definition) is 2. The molecule has 2 nitrogen and oxygen atoms in total. The van der Waals surface area contributed by atoms with Crippen molar-refractivity contribution in [3.63, 3.8) is 0 Å². The summed E-state index contributed by atoms with van der Waals surface area (Å²) in [7, 11) is 0. The molecule has 0 saturated heterocycles. The summed E-state index contributed by atoms with van der Waals surface area (Å²) in [6.07, 6.45) is 2.86. The largest absolute Gasteiger partial charge is 0.399 e. The average Bonchev–Trinajstić information content (AvgIpc) is 3.07. The SMILES string of the molecule is Cc1c(N)cccc1CNCC(C)C1CC1. The third-order valence-electron chi connectivity index (χ3n) is 3.70. The first-order chi connectivity index (χ1) is 7.68. The molecule has 1 aliphatic rings. The molecule has 0 spiro atoms. The maximum Gasteiger partial charge on any atom is 0.0346 e. The van der Waals surface area contributed by atoms with E-state index in [0.29, 0.717) is 0 Å². The van der Waals surface area contributed by atoms with Crippen molar-refractivity contribution in [1.29, 1.82) is 0 Å². The van der Waals surface area contributed by atoms with Crippen LogP contribution in [0.2, 0.25) is 0 Å². The highest BCUT2D eigenvalue weighted by Gasteiger charge is 2.27. The Balaban J connectivity index is 1.82. The van der Waals surface area contributed by atoms with E-state index in [1.54, 1.807) is 0 Å². The highest BCUT2D eigenvalue weighted by atomic mass is 14.9.